The Balaban J connectivity index is 0.00000169. The van der Waals surface area contributed by atoms with Gasteiger partial charge in [-0.1, -0.05) is 18.2 Å². The van der Waals surface area contributed by atoms with Crippen LogP contribution in [0.4, 0.5) is 4.79 Å². The average Bonchev–Trinajstić information content (AvgIpc) is 2.19. The normalized spacial score (nSPS) is 8.64. The van der Waals surface area contributed by atoms with Crippen molar-refractivity contribution in [1.82, 2.24) is 4.72 Å². The molecule has 0 aliphatic rings. The van der Waals surface area contributed by atoms with Crippen LogP contribution in [0.25, 0.3) is 0 Å². The number of methoxy groups -OCH3 is 1. The zero-order valence-electron chi connectivity index (χ0n) is 7.73. The third-order valence-corrected chi connectivity index (χ3v) is 3.07. The Morgan fingerprint density at radius 2 is 2.00 bits per heavy atom. The Morgan fingerprint density at radius 3 is 2.57 bits per heavy atom. The maximum atomic E-state index is 10.6. The summed E-state index contributed by atoms with van der Waals surface area (Å²) < 4.78 is 6.90. The van der Waals surface area contributed by atoms with E-state index in [4.69, 9.17) is 0 Å². The molecule has 6 heteroatoms. The van der Waals surface area contributed by atoms with Crippen molar-refractivity contribution < 1.29 is 29.0 Å². The van der Waals surface area contributed by atoms with Crippen LogP contribution < -0.4 is 4.72 Å². The van der Waals surface area contributed by atoms with Crippen molar-refractivity contribution in [3.63, 3.8) is 0 Å². The van der Waals surface area contributed by atoms with Gasteiger partial charge in [-0.3, -0.25) is 4.72 Å². The fourth-order valence-electron chi connectivity index (χ4n) is 0.621. The summed E-state index contributed by atoms with van der Waals surface area (Å²) in [6.45, 7) is 0. The van der Waals surface area contributed by atoms with Crippen molar-refractivity contribution in [1.29, 1.82) is 0 Å². The van der Waals surface area contributed by atoms with E-state index in [-0.39, 0.29) is 19.5 Å². The van der Waals surface area contributed by atoms with E-state index in [1.807, 2.05) is 30.3 Å². The van der Waals surface area contributed by atoms with Gasteiger partial charge in [0.2, 0.25) is 0 Å². The molecule has 14 heavy (non-hydrogen) atoms. The molecule has 1 aromatic rings. The van der Waals surface area contributed by atoms with Gasteiger partial charge in [-0.2, -0.15) is 0 Å². The number of hydrogen-bond acceptors (Lipinski definition) is 4. The number of hydrogen-bond donors (Lipinski definition) is 1. The number of benzene rings is 1. The van der Waals surface area contributed by atoms with Crippen molar-refractivity contribution in [2.75, 3.05) is 7.11 Å². The van der Waals surface area contributed by atoms with Gasteiger partial charge < -0.3 is 4.74 Å². The van der Waals surface area contributed by atoms with Gasteiger partial charge in [0.15, 0.2) is 0 Å². The summed E-state index contributed by atoms with van der Waals surface area (Å²) in [5.41, 5.74) is 0. The minimum absolute atomic E-state index is 0. The number of rotatable bonds is 3. The first kappa shape index (κ1) is 13.8. The van der Waals surface area contributed by atoms with Crippen molar-refractivity contribution in [3.05, 3.63) is 30.3 Å². The summed E-state index contributed by atoms with van der Waals surface area (Å²) in [5.74, 6) is 0. The molecule has 0 heterocycles. The van der Waals surface area contributed by atoms with Crippen LogP contribution in [-0.2, 0) is 24.2 Å². The molecule has 0 fully saturated rings. The van der Waals surface area contributed by atoms with Crippen LogP contribution in [-0.4, -0.2) is 13.2 Å². The van der Waals surface area contributed by atoms with Gasteiger partial charge in [-0.05, 0) is 22.9 Å². The quantitative estimate of drug-likeness (QED) is 0.525. The van der Waals surface area contributed by atoms with Crippen LogP contribution >= 0.6 is 21.8 Å². The Hall–Kier alpha value is -0.187. The maximum absolute atomic E-state index is 10.6. The van der Waals surface area contributed by atoms with E-state index in [1.54, 1.807) is 0 Å². The number of ether oxygens (including phenoxy) is 1. The number of amides is 1. The minimum atomic E-state index is -0.437. The number of nitrogens with one attached hydrogen (secondary N) is 1. The fraction of sp³-hybridized carbons (Fsp3) is 0.125. The largest absolute Gasteiger partial charge is 0.452 e. The SMILES string of the molecule is COC(=O)NSSc1ccccc1.[Zn]. The van der Waals surface area contributed by atoms with Crippen LogP contribution in [0.5, 0.6) is 0 Å². The second-order valence-electron chi connectivity index (χ2n) is 2.07. The van der Waals surface area contributed by atoms with Gasteiger partial charge in [0.05, 0.1) is 7.11 Å². The van der Waals surface area contributed by atoms with Crippen LogP contribution in [0, 0.1) is 0 Å². The van der Waals surface area contributed by atoms with Gasteiger partial charge in [0.25, 0.3) is 0 Å². The summed E-state index contributed by atoms with van der Waals surface area (Å²) in [6.07, 6.45) is -0.437. The van der Waals surface area contributed by atoms with Gasteiger partial charge in [0, 0.05) is 35.4 Å². The van der Waals surface area contributed by atoms with E-state index >= 15 is 0 Å². The standard InChI is InChI=1S/C8H9NO2S2.Zn/c1-11-8(10)9-13-12-7-5-3-2-4-6-7;/h2-6H,1H3,(H,9,10);. The van der Waals surface area contributed by atoms with Gasteiger partial charge in [-0.25, -0.2) is 4.79 Å². The molecule has 0 radical (unpaired) electrons. The van der Waals surface area contributed by atoms with Crippen LogP contribution in [0.1, 0.15) is 0 Å². The second kappa shape index (κ2) is 8.15. The van der Waals surface area contributed by atoms with Gasteiger partial charge in [-0.15, -0.1) is 0 Å². The first-order chi connectivity index (χ1) is 6.33. The summed E-state index contributed by atoms with van der Waals surface area (Å²) in [5, 5.41) is 0. The molecule has 3 nitrogen and oxygen atoms in total. The van der Waals surface area contributed by atoms with Gasteiger partial charge >= 0.3 is 6.09 Å². The van der Waals surface area contributed by atoms with Crippen LogP contribution in [0.2, 0.25) is 0 Å². The van der Waals surface area contributed by atoms with E-state index < -0.39 is 6.09 Å². The van der Waals surface area contributed by atoms with E-state index in [0.29, 0.717) is 0 Å². The Bertz CT molecular complexity index is 271. The third-order valence-electron chi connectivity index (χ3n) is 1.19. The van der Waals surface area contributed by atoms with E-state index in [0.717, 1.165) is 4.90 Å². The molecule has 0 aromatic heterocycles. The van der Waals surface area contributed by atoms with E-state index in [2.05, 4.69) is 9.46 Å². The van der Waals surface area contributed by atoms with E-state index in [1.165, 1.54) is 28.9 Å². The van der Waals surface area contributed by atoms with Crippen molar-refractivity contribution in [3.8, 4) is 0 Å². The Kier molecular flexibility index (Phi) is 8.04. The minimum Gasteiger partial charge on any atom is -0.452 e. The van der Waals surface area contributed by atoms with Crippen LogP contribution in [0.3, 0.4) is 0 Å². The number of carbonyl (C=O) groups is 1. The van der Waals surface area contributed by atoms with Crippen molar-refractivity contribution in [2.24, 2.45) is 0 Å². The van der Waals surface area contributed by atoms with Gasteiger partial charge in [0.1, 0.15) is 0 Å². The summed E-state index contributed by atoms with van der Waals surface area (Å²) in [7, 11) is 4.04. The molecule has 0 aliphatic heterocycles. The molecule has 1 N–H and O–H groups in total. The summed E-state index contributed by atoms with van der Waals surface area (Å²) in [6, 6.07) is 9.78. The topological polar surface area (TPSA) is 38.3 Å². The van der Waals surface area contributed by atoms with Crippen molar-refractivity contribution in [2.45, 2.75) is 4.90 Å². The number of carbonyl (C=O) groups excluding carboxylic acids is 1. The Morgan fingerprint density at radius 1 is 1.36 bits per heavy atom. The molecule has 0 bridgehead atoms. The Labute approximate surface area is 104 Å². The third kappa shape index (κ3) is 5.52. The first-order valence-corrected chi connectivity index (χ1v) is 5.70. The molecule has 72 valence electrons. The predicted molar refractivity (Wildman–Crippen MR) is 55.4 cm³/mol. The smallest absolute Gasteiger partial charge is 0.417 e. The molecule has 0 spiro atoms. The summed E-state index contributed by atoms with van der Waals surface area (Å²) >= 11 is 0. The zero-order valence-corrected chi connectivity index (χ0v) is 12.3. The zero-order chi connectivity index (χ0) is 9.52. The molecule has 0 aliphatic carbocycles. The summed E-state index contributed by atoms with van der Waals surface area (Å²) in [4.78, 5) is 11.7. The molecule has 0 saturated carbocycles. The second-order valence-corrected chi connectivity index (χ2v) is 4.08. The molecular formula is C8H9NO2S2Zn. The molecule has 0 saturated heterocycles. The average molecular weight is 281 g/mol. The molecular weight excluding hydrogens is 272 g/mol. The molecule has 1 aromatic carbocycles. The maximum Gasteiger partial charge on any atom is 0.417 e. The molecule has 0 unspecified atom stereocenters. The van der Waals surface area contributed by atoms with Crippen molar-refractivity contribution >= 4 is 27.9 Å². The molecule has 0 atom stereocenters. The van der Waals surface area contributed by atoms with E-state index in [9.17, 15) is 4.79 Å². The molecule has 1 rings (SSSR count). The van der Waals surface area contributed by atoms with Crippen LogP contribution in [0.15, 0.2) is 35.2 Å². The predicted octanol–water partition coefficient (Wildman–Crippen LogP) is 2.70. The first-order valence-electron chi connectivity index (χ1n) is 3.55. The molecule has 1 amide bonds. The monoisotopic (exact) mass is 279 g/mol. The fourth-order valence-corrected chi connectivity index (χ4v) is 2.13.